The first-order chi connectivity index (χ1) is 6.02. The van der Waals surface area contributed by atoms with Crippen LogP contribution in [0.5, 0.6) is 0 Å². The van der Waals surface area contributed by atoms with E-state index in [4.69, 9.17) is 11.6 Å². The molecule has 0 heterocycles. The lowest BCUT2D eigenvalue weighted by Gasteiger charge is -1.97. The van der Waals surface area contributed by atoms with Crippen LogP contribution in [0.2, 0.25) is 0 Å². The minimum Gasteiger partial charge on any atom is -0.258 e. The SMILES string of the molecule is O=[N+]([O-])c1ccc(F)c(C(=S)Cl)c1. The van der Waals surface area contributed by atoms with Gasteiger partial charge in [-0.25, -0.2) is 4.39 Å². The van der Waals surface area contributed by atoms with E-state index in [0.29, 0.717) is 0 Å². The molecule has 0 bridgehead atoms. The number of benzene rings is 1. The zero-order valence-corrected chi connectivity index (χ0v) is 7.73. The Morgan fingerprint density at radius 3 is 2.69 bits per heavy atom. The standard InChI is InChI=1S/C7H3ClFNO2S/c8-7(13)5-3-4(10(11)12)1-2-6(5)9/h1-3H. The van der Waals surface area contributed by atoms with Crippen LogP contribution in [0.3, 0.4) is 0 Å². The summed E-state index contributed by atoms with van der Waals surface area (Å²) in [5.74, 6) is -0.661. The summed E-state index contributed by atoms with van der Waals surface area (Å²) >= 11 is 9.85. The minimum absolute atomic E-state index is 0.120. The Morgan fingerprint density at radius 1 is 1.62 bits per heavy atom. The molecule has 0 spiro atoms. The van der Waals surface area contributed by atoms with Crippen molar-refractivity contribution >= 4 is 33.8 Å². The fourth-order valence-corrected chi connectivity index (χ4v) is 1.08. The number of rotatable bonds is 2. The fraction of sp³-hybridized carbons (Fsp3) is 0. The number of thiocarbonyl (C=S) groups is 1. The highest BCUT2D eigenvalue weighted by atomic mass is 35.5. The average Bonchev–Trinajstić information content (AvgIpc) is 2.04. The van der Waals surface area contributed by atoms with Crippen LogP contribution < -0.4 is 0 Å². The van der Waals surface area contributed by atoms with Crippen molar-refractivity contribution in [1.29, 1.82) is 0 Å². The second kappa shape index (κ2) is 3.76. The molecule has 1 aromatic rings. The molecule has 0 aliphatic carbocycles. The molecule has 13 heavy (non-hydrogen) atoms. The molecule has 1 rings (SSSR count). The molecule has 0 aliphatic rings. The smallest absolute Gasteiger partial charge is 0.258 e. The number of non-ortho nitro benzene ring substituents is 1. The molecular weight excluding hydrogens is 217 g/mol. The van der Waals surface area contributed by atoms with Crippen LogP contribution in [0.4, 0.5) is 10.1 Å². The second-order valence-electron chi connectivity index (χ2n) is 2.19. The molecule has 0 unspecified atom stereocenters. The lowest BCUT2D eigenvalue weighted by molar-refractivity contribution is -0.384. The van der Waals surface area contributed by atoms with Crippen molar-refractivity contribution in [1.82, 2.24) is 0 Å². The van der Waals surface area contributed by atoms with E-state index >= 15 is 0 Å². The van der Waals surface area contributed by atoms with Crippen molar-refractivity contribution in [3.05, 3.63) is 39.7 Å². The summed E-state index contributed by atoms with van der Waals surface area (Å²) in [6.45, 7) is 0. The first-order valence-electron chi connectivity index (χ1n) is 3.16. The second-order valence-corrected chi connectivity index (χ2v) is 3.21. The molecule has 0 amide bonds. The third-order valence-electron chi connectivity index (χ3n) is 1.37. The molecule has 0 radical (unpaired) electrons. The Hall–Kier alpha value is -1.07. The highest BCUT2D eigenvalue weighted by Crippen LogP contribution is 2.18. The van der Waals surface area contributed by atoms with Crippen LogP contribution >= 0.6 is 23.8 Å². The first kappa shape index (κ1) is 10.0. The van der Waals surface area contributed by atoms with Crippen molar-refractivity contribution in [2.24, 2.45) is 0 Å². The Bertz CT molecular complexity index is 383. The van der Waals surface area contributed by atoms with E-state index in [1.165, 1.54) is 0 Å². The van der Waals surface area contributed by atoms with Crippen LogP contribution in [0.15, 0.2) is 18.2 Å². The predicted octanol–water partition coefficient (Wildman–Crippen LogP) is 2.65. The zero-order valence-electron chi connectivity index (χ0n) is 6.16. The molecule has 0 saturated heterocycles. The van der Waals surface area contributed by atoms with Gasteiger partial charge in [-0.05, 0) is 6.07 Å². The van der Waals surface area contributed by atoms with Gasteiger partial charge in [0.15, 0.2) is 0 Å². The van der Waals surface area contributed by atoms with E-state index in [0.717, 1.165) is 18.2 Å². The molecule has 0 N–H and O–H groups in total. The van der Waals surface area contributed by atoms with Crippen LogP contribution in [0.1, 0.15) is 5.56 Å². The van der Waals surface area contributed by atoms with Gasteiger partial charge in [0.05, 0.1) is 4.92 Å². The van der Waals surface area contributed by atoms with Crippen LogP contribution in [-0.4, -0.2) is 9.25 Å². The summed E-state index contributed by atoms with van der Waals surface area (Å²) in [5, 5.41) is 10.3. The topological polar surface area (TPSA) is 43.1 Å². The molecule has 0 saturated carbocycles. The van der Waals surface area contributed by atoms with Gasteiger partial charge in [0.25, 0.3) is 5.69 Å². The summed E-state index contributed by atoms with van der Waals surface area (Å²) < 4.78 is 12.7. The molecule has 6 heteroatoms. The highest BCUT2D eigenvalue weighted by molar-refractivity contribution is 7.83. The summed E-state index contributed by atoms with van der Waals surface area (Å²) in [5.41, 5.74) is -0.356. The van der Waals surface area contributed by atoms with Gasteiger partial charge in [-0.1, -0.05) is 23.8 Å². The minimum atomic E-state index is -0.661. The van der Waals surface area contributed by atoms with Crippen molar-refractivity contribution in [3.8, 4) is 0 Å². The van der Waals surface area contributed by atoms with Gasteiger partial charge in [-0.3, -0.25) is 10.1 Å². The van der Waals surface area contributed by atoms with Crippen LogP contribution in [-0.2, 0) is 0 Å². The number of halogens is 2. The van der Waals surface area contributed by atoms with E-state index in [1.54, 1.807) is 0 Å². The quantitative estimate of drug-likeness (QED) is 0.332. The van der Waals surface area contributed by atoms with Gasteiger partial charge in [-0.15, -0.1) is 0 Å². The molecule has 0 fully saturated rings. The van der Waals surface area contributed by atoms with Gasteiger partial charge in [0, 0.05) is 17.7 Å². The van der Waals surface area contributed by atoms with E-state index in [2.05, 4.69) is 12.2 Å². The first-order valence-corrected chi connectivity index (χ1v) is 3.95. The van der Waals surface area contributed by atoms with E-state index in [1.807, 2.05) is 0 Å². The van der Waals surface area contributed by atoms with Crippen LogP contribution in [0, 0.1) is 15.9 Å². The molecule has 0 aromatic heterocycles. The number of hydrogen-bond acceptors (Lipinski definition) is 3. The molecule has 0 aliphatic heterocycles. The van der Waals surface area contributed by atoms with E-state index < -0.39 is 10.7 Å². The molecule has 0 atom stereocenters. The Morgan fingerprint density at radius 2 is 2.23 bits per heavy atom. The third-order valence-corrected chi connectivity index (χ3v) is 1.80. The van der Waals surface area contributed by atoms with Gasteiger partial charge in [-0.2, -0.15) is 0 Å². The van der Waals surface area contributed by atoms with E-state index in [-0.39, 0.29) is 15.6 Å². The lowest BCUT2D eigenvalue weighted by Crippen LogP contribution is -1.96. The molecular formula is C7H3ClFNO2S. The van der Waals surface area contributed by atoms with Gasteiger partial charge >= 0.3 is 0 Å². The maximum atomic E-state index is 12.9. The summed E-state index contributed by atoms with van der Waals surface area (Å²) in [4.78, 5) is 9.64. The highest BCUT2D eigenvalue weighted by Gasteiger charge is 2.12. The predicted molar refractivity (Wildman–Crippen MR) is 50.6 cm³/mol. The Labute approximate surface area is 83.3 Å². The van der Waals surface area contributed by atoms with Crippen molar-refractivity contribution in [2.45, 2.75) is 0 Å². The summed E-state index contributed by atoms with van der Waals surface area (Å²) in [6.07, 6.45) is 0. The maximum Gasteiger partial charge on any atom is 0.270 e. The average molecular weight is 220 g/mol. The number of hydrogen-bond donors (Lipinski definition) is 0. The molecule has 1 aromatic carbocycles. The van der Waals surface area contributed by atoms with Gasteiger partial charge < -0.3 is 0 Å². The van der Waals surface area contributed by atoms with Crippen molar-refractivity contribution in [3.63, 3.8) is 0 Å². The van der Waals surface area contributed by atoms with Gasteiger partial charge in [0.2, 0.25) is 0 Å². The number of nitrogens with zero attached hydrogens (tertiary/aromatic N) is 1. The van der Waals surface area contributed by atoms with Crippen molar-refractivity contribution in [2.75, 3.05) is 0 Å². The Kier molecular flexibility index (Phi) is 2.90. The van der Waals surface area contributed by atoms with Gasteiger partial charge in [0.1, 0.15) is 10.1 Å². The Balaban J connectivity index is 3.27. The monoisotopic (exact) mass is 219 g/mol. The molecule has 68 valence electrons. The number of nitro groups is 1. The fourth-order valence-electron chi connectivity index (χ4n) is 0.777. The maximum absolute atomic E-state index is 12.9. The lowest BCUT2D eigenvalue weighted by atomic mass is 10.2. The largest absolute Gasteiger partial charge is 0.270 e. The van der Waals surface area contributed by atoms with Crippen LogP contribution in [0.25, 0.3) is 0 Å². The normalized spacial score (nSPS) is 9.69. The molecule has 3 nitrogen and oxygen atoms in total. The summed E-state index contributed by atoms with van der Waals surface area (Å²) in [6, 6.07) is 3.01. The number of nitro benzene ring substituents is 1. The zero-order chi connectivity index (χ0) is 10.0. The van der Waals surface area contributed by atoms with E-state index in [9.17, 15) is 14.5 Å². The third kappa shape index (κ3) is 2.19. The summed E-state index contributed by atoms with van der Waals surface area (Å²) in [7, 11) is 0. The van der Waals surface area contributed by atoms with Crippen molar-refractivity contribution < 1.29 is 9.31 Å².